The van der Waals surface area contributed by atoms with Crippen LogP contribution < -0.4 is 5.32 Å². The Bertz CT molecular complexity index is 903. The number of halogens is 3. The number of hydrogen-bond acceptors (Lipinski definition) is 6. The van der Waals surface area contributed by atoms with Crippen molar-refractivity contribution in [1.82, 2.24) is 5.32 Å². The van der Waals surface area contributed by atoms with Crippen LogP contribution in [0, 0.1) is 20.2 Å². The second-order valence-corrected chi connectivity index (χ2v) is 6.44. The van der Waals surface area contributed by atoms with Gasteiger partial charge in [0, 0.05) is 24.7 Å². The highest BCUT2D eigenvalue weighted by atomic mass is 32.2. The van der Waals surface area contributed by atoms with Crippen molar-refractivity contribution in [3.63, 3.8) is 0 Å². The van der Waals surface area contributed by atoms with E-state index in [2.05, 4.69) is 5.32 Å². The van der Waals surface area contributed by atoms with Crippen molar-refractivity contribution in [3.8, 4) is 0 Å². The zero-order valence-corrected chi connectivity index (χ0v) is 14.7. The van der Waals surface area contributed by atoms with Crippen molar-refractivity contribution in [2.24, 2.45) is 0 Å². The first-order valence-corrected chi connectivity index (χ1v) is 8.55. The Morgan fingerprint density at radius 3 is 2.21 bits per heavy atom. The van der Waals surface area contributed by atoms with Crippen LogP contribution in [0.2, 0.25) is 0 Å². The van der Waals surface area contributed by atoms with E-state index in [4.69, 9.17) is 0 Å². The Hall–Kier alpha value is -3.15. The molecule has 0 heterocycles. The summed E-state index contributed by atoms with van der Waals surface area (Å²) in [6.45, 7) is 0.0759. The minimum absolute atomic E-state index is 0.0662. The normalized spacial score (nSPS) is 11.1. The summed E-state index contributed by atoms with van der Waals surface area (Å²) < 4.78 is 38.0. The van der Waals surface area contributed by atoms with Gasteiger partial charge in [-0.05, 0) is 17.7 Å². The van der Waals surface area contributed by atoms with E-state index in [1.807, 2.05) is 0 Å². The lowest BCUT2D eigenvalue weighted by Gasteiger charge is -2.09. The summed E-state index contributed by atoms with van der Waals surface area (Å²) in [4.78, 5) is 31.9. The van der Waals surface area contributed by atoms with E-state index < -0.39 is 33.2 Å². The number of carbonyl (C=O) groups excluding carboxylic acids is 1. The largest absolute Gasteiger partial charge is 0.416 e. The maximum absolute atomic E-state index is 12.7. The second kappa shape index (κ2) is 8.69. The van der Waals surface area contributed by atoms with E-state index in [0.717, 1.165) is 17.8 Å². The molecule has 12 heteroatoms. The first-order valence-electron chi connectivity index (χ1n) is 7.56. The van der Waals surface area contributed by atoms with Crippen LogP contribution in [0.15, 0.2) is 47.4 Å². The highest BCUT2D eigenvalue weighted by molar-refractivity contribution is 8.00. The molecule has 2 aromatic carbocycles. The molecule has 148 valence electrons. The number of nitro benzene ring substituents is 2. The molecule has 0 aliphatic carbocycles. The van der Waals surface area contributed by atoms with Gasteiger partial charge in [-0.15, -0.1) is 11.8 Å². The van der Waals surface area contributed by atoms with E-state index in [0.29, 0.717) is 17.7 Å². The molecule has 0 bridgehead atoms. The Kier molecular flexibility index (Phi) is 6.57. The van der Waals surface area contributed by atoms with Crippen molar-refractivity contribution in [2.45, 2.75) is 17.6 Å². The van der Waals surface area contributed by atoms with Crippen molar-refractivity contribution in [1.29, 1.82) is 0 Å². The fourth-order valence-corrected chi connectivity index (χ4v) is 2.92. The average Bonchev–Trinajstić information content (AvgIpc) is 2.64. The fourth-order valence-electron chi connectivity index (χ4n) is 2.09. The number of benzene rings is 2. The van der Waals surface area contributed by atoms with Gasteiger partial charge < -0.3 is 5.32 Å². The van der Waals surface area contributed by atoms with Crippen molar-refractivity contribution in [2.75, 3.05) is 5.75 Å². The van der Waals surface area contributed by atoms with Gasteiger partial charge in [0.15, 0.2) is 0 Å². The third-order valence-electron chi connectivity index (χ3n) is 3.48. The molecule has 0 aromatic heterocycles. The first kappa shape index (κ1) is 21.2. The molecule has 0 saturated carbocycles. The lowest BCUT2D eigenvalue weighted by atomic mass is 10.2. The van der Waals surface area contributed by atoms with Gasteiger partial charge in [-0.1, -0.05) is 12.1 Å². The van der Waals surface area contributed by atoms with Gasteiger partial charge in [0.1, 0.15) is 0 Å². The fraction of sp³-hybridized carbons (Fsp3) is 0.188. The van der Waals surface area contributed by atoms with Crippen molar-refractivity contribution >= 4 is 29.0 Å². The number of rotatable bonds is 7. The summed E-state index contributed by atoms with van der Waals surface area (Å²) in [5, 5.41) is 24.1. The van der Waals surface area contributed by atoms with Gasteiger partial charge in [-0.3, -0.25) is 25.0 Å². The molecule has 1 amide bonds. The van der Waals surface area contributed by atoms with Crippen LogP contribution in [-0.2, 0) is 17.5 Å². The monoisotopic (exact) mass is 415 g/mol. The van der Waals surface area contributed by atoms with E-state index in [1.54, 1.807) is 0 Å². The van der Waals surface area contributed by atoms with Crippen LogP contribution in [0.1, 0.15) is 11.1 Å². The average molecular weight is 415 g/mol. The SMILES string of the molecule is O=C(CSc1ccc(C(F)(F)F)cc1[N+](=O)[O-])NCc1ccc([N+](=O)[O-])cc1. The Labute approximate surface area is 160 Å². The van der Waals surface area contributed by atoms with Crippen molar-refractivity contribution in [3.05, 3.63) is 73.8 Å². The van der Waals surface area contributed by atoms with Crippen LogP contribution in [0.4, 0.5) is 24.5 Å². The Balaban J connectivity index is 1.96. The molecule has 0 saturated heterocycles. The number of amides is 1. The maximum Gasteiger partial charge on any atom is 0.416 e. The molecular weight excluding hydrogens is 403 g/mol. The Morgan fingerprint density at radius 1 is 1.04 bits per heavy atom. The summed E-state index contributed by atoms with van der Waals surface area (Å²) in [6.07, 6.45) is -4.71. The summed E-state index contributed by atoms with van der Waals surface area (Å²) in [5.41, 5.74) is -1.38. The number of thioether (sulfide) groups is 1. The van der Waals surface area contributed by atoms with Crippen molar-refractivity contribution < 1.29 is 27.8 Å². The number of non-ortho nitro benzene ring substituents is 1. The smallest absolute Gasteiger partial charge is 0.351 e. The topological polar surface area (TPSA) is 115 Å². The molecule has 0 unspecified atom stereocenters. The molecule has 0 spiro atoms. The zero-order valence-electron chi connectivity index (χ0n) is 13.9. The summed E-state index contributed by atoms with van der Waals surface area (Å²) in [6, 6.07) is 7.58. The lowest BCUT2D eigenvalue weighted by Crippen LogP contribution is -2.24. The van der Waals surface area contributed by atoms with Crippen LogP contribution in [0.3, 0.4) is 0 Å². The summed E-state index contributed by atoms with van der Waals surface area (Å²) in [7, 11) is 0. The zero-order chi connectivity index (χ0) is 20.9. The molecule has 1 N–H and O–H groups in total. The van der Waals surface area contributed by atoms with Gasteiger partial charge in [-0.25, -0.2) is 0 Å². The van der Waals surface area contributed by atoms with E-state index >= 15 is 0 Å². The molecule has 0 fully saturated rings. The molecule has 8 nitrogen and oxygen atoms in total. The minimum Gasteiger partial charge on any atom is -0.351 e. The predicted molar refractivity (Wildman–Crippen MR) is 93.8 cm³/mol. The van der Waals surface area contributed by atoms with Crippen LogP contribution in [-0.4, -0.2) is 21.5 Å². The van der Waals surface area contributed by atoms with E-state index in [9.17, 15) is 38.2 Å². The molecule has 0 atom stereocenters. The summed E-state index contributed by atoms with van der Waals surface area (Å²) >= 11 is 0.734. The molecule has 28 heavy (non-hydrogen) atoms. The van der Waals surface area contributed by atoms with Gasteiger partial charge in [0.2, 0.25) is 5.91 Å². The van der Waals surface area contributed by atoms with Gasteiger partial charge in [0.25, 0.3) is 11.4 Å². The van der Waals surface area contributed by atoms with E-state index in [-0.39, 0.29) is 22.9 Å². The second-order valence-electron chi connectivity index (χ2n) is 5.43. The standard InChI is InChI=1S/C16H12F3N3O5S/c17-16(18,19)11-3-6-14(13(7-11)22(26)27)28-9-15(23)20-8-10-1-4-12(5-2-10)21(24)25/h1-7H,8-9H2,(H,20,23). The number of nitrogens with one attached hydrogen (secondary N) is 1. The number of nitrogens with zero attached hydrogens (tertiary/aromatic N) is 2. The maximum atomic E-state index is 12.7. The van der Waals surface area contributed by atoms with E-state index in [1.165, 1.54) is 24.3 Å². The highest BCUT2D eigenvalue weighted by Gasteiger charge is 2.33. The number of nitro groups is 2. The van der Waals surface area contributed by atoms with Crippen LogP contribution in [0.25, 0.3) is 0 Å². The van der Waals surface area contributed by atoms with Crippen LogP contribution in [0.5, 0.6) is 0 Å². The van der Waals surface area contributed by atoms with Gasteiger partial charge >= 0.3 is 6.18 Å². The van der Waals surface area contributed by atoms with Gasteiger partial charge in [0.05, 0.1) is 26.1 Å². The quantitative estimate of drug-likeness (QED) is 0.416. The lowest BCUT2D eigenvalue weighted by molar-refractivity contribution is -0.388. The summed E-state index contributed by atoms with van der Waals surface area (Å²) in [5.74, 6) is -0.753. The molecular formula is C16H12F3N3O5S. The first-order chi connectivity index (χ1) is 13.1. The molecule has 2 rings (SSSR count). The molecule has 0 radical (unpaired) electrons. The highest BCUT2D eigenvalue weighted by Crippen LogP contribution is 2.36. The Morgan fingerprint density at radius 2 is 1.68 bits per heavy atom. The minimum atomic E-state index is -4.71. The predicted octanol–water partition coefficient (Wildman–Crippen LogP) is 3.93. The molecule has 2 aromatic rings. The number of hydrogen-bond donors (Lipinski definition) is 1. The number of carbonyl (C=O) groups is 1. The third kappa shape index (κ3) is 5.67. The van der Waals surface area contributed by atoms with Gasteiger partial charge in [-0.2, -0.15) is 13.2 Å². The molecule has 0 aliphatic rings. The molecule has 0 aliphatic heterocycles. The third-order valence-corrected chi connectivity index (χ3v) is 4.54. The number of alkyl halides is 3. The van der Waals surface area contributed by atoms with Crippen LogP contribution >= 0.6 is 11.8 Å².